The molecule has 0 aliphatic rings. The molecule has 4 rings (SSSR count). The predicted octanol–water partition coefficient (Wildman–Crippen LogP) is 8.29. The van der Waals surface area contributed by atoms with E-state index in [0.29, 0.717) is 28.6 Å². The summed E-state index contributed by atoms with van der Waals surface area (Å²) in [6.07, 6.45) is 1.55. The van der Waals surface area contributed by atoms with Crippen LogP contribution < -0.4 is 10.1 Å². The van der Waals surface area contributed by atoms with Crippen molar-refractivity contribution in [1.29, 1.82) is 5.26 Å². The Hall–Kier alpha value is -2.86. The molecule has 1 N–H and O–H groups in total. The molecule has 7 heteroatoms. The summed E-state index contributed by atoms with van der Waals surface area (Å²) >= 11 is 11.9. The third-order valence-corrected chi connectivity index (χ3v) is 7.18. The third-order valence-electron chi connectivity index (χ3n) is 5.38. The molecule has 1 amide bonds. The van der Waals surface area contributed by atoms with Gasteiger partial charge in [-0.15, -0.1) is 0 Å². The lowest BCUT2D eigenvalue weighted by atomic mass is 10.1. The van der Waals surface area contributed by atoms with E-state index in [4.69, 9.17) is 16.3 Å². The van der Waals surface area contributed by atoms with Gasteiger partial charge in [0.2, 0.25) is 0 Å². The summed E-state index contributed by atoms with van der Waals surface area (Å²) in [6, 6.07) is 25.2. The lowest BCUT2D eigenvalue weighted by molar-refractivity contribution is -0.112. The summed E-state index contributed by atoms with van der Waals surface area (Å²) in [5, 5.41) is 15.2. The van der Waals surface area contributed by atoms with Crippen LogP contribution in [0.4, 0.5) is 5.69 Å². The molecule has 0 fully saturated rings. The molecular weight excluding hydrogens is 639 g/mol. The minimum atomic E-state index is -0.505. The van der Waals surface area contributed by atoms with Crippen LogP contribution >= 0.6 is 50.1 Å². The number of halogens is 3. The number of carbonyl (C=O) groups excluding carboxylic acids is 1. The van der Waals surface area contributed by atoms with Crippen LogP contribution in [-0.4, -0.2) is 5.91 Å². The quantitative estimate of drug-likeness (QED) is 0.129. The number of anilines is 1. The van der Waals surface area contributed by atoms with E-state index in [9.17, 15) is 10.1 Å². The van der Waals surface area contributed by atoms with E-state index in [1.165, 1.54) is 0 Å². The SMILES string of the molecule is Cc1ccc(NC(=O)/C(C#N)=C\c2cc(Br)c(OCc3cccc4ccccc34)c(I)c2)cc1Cl. The number of nitrogens with one attached hydrogen (secondary N) is 1. The summed E-state index contributed by atoms with van der Waals surface area (Å²) in [6.45, 7) is 2.29. The normalized spacial score (nSPS) is 11.2. The average molecular weight is 658 g/mol. The first-order chi connectivity index (χ1) is 16.9. The van der Waals surface area contributed by atoms with Crippen LogP contribution in [0.3, 0.4) is 0 Å². The molecular formula is C28H19BrClIN2O2. The van der Waals surface area contributed by atoms with E-state index in [0.717, 1.165) is 29.9 Å². The first-order valence-electron chi connectivity index (χ1n) is 10.6. The standard InChI is InChI=1S/C28H19BrClIN2O2/c1-17-9-10-22(14-25(17)30)33-28(34)21(15-32)11-18-12-24(29)27(26(31)13-18)35-16-20-7-4-6-19-5-2-3-8-23(19)20/h2-14H,16H2,1H3,(H,33,34)/b21-11-. The fourth-order valence-electron chi connectivity index (χ4n) is 3.55. The Balaban J connectivity index is 1.53. The Morgan fingerprint density at radius 1 is 1.14 bits per heavy atom. The van der Waals surface area contributed by atoms with Gasteiger partial charge >= 0.3 is 0 Å². The minimum Gasteiger partial charge on any atom is -0.487 e. The van der Waals surface area contributed by atoms with Gasteiger partial charge in [-0.2, -0.15) is 5.26 Å². The van der Waals surface area contributed by atoms with Crippen LogP contribution in [0.5, 0.6) is 5.75 Å². The first-order valence-corrected chi connectivity index (χ1v) is 12.9. The van der Waals surface area contributed by atoms with Crippen LogP contribution in [0.15, 0.2) is 82.8 Å². The lowest BCUT2D eigenvalue weighted by Crippen LogP contribution is -2.13. The number of aryl methyl sites for hydroxylation is 1. The van der Waals surface area contributed by atoms with E-state index in [1.807, 2.05) is 49.4 Å². The maximum Gasteiger partial charge on any atom is 0.266 e. The highest BCUT2D eigenvalue weighted by Gasteiger charge is 2.14. The van der Waals surface area contributed by atoms with Crippen LogP contribution in [0, 0.1) is 21.8 Å². The van der Waals surface area contributed by atoms with E-state index < -0.39 is 5.91 Å². The molecule has 0 aliphatic carbocycles. The lowest BCUT2D eigenvalue weighted by Gasteiger charge is -2.13. The molecule has 4 aromatic rings. The molecule has 0 unspecified atom stereocenters. The Morgan fingerprint density at radius 3 is 2.66 bits per heavy atom. The van der Waals surface area contributed by atoms with Crippen LogP contribution in [0.25, 0.3) is 16.8 Å². The molecule has 0 bridgehead atoms. The molecule has 174 valence electrons. The fraction of sp³-hybridized carbons (Fsp3) is 0.0714. The average Bonchev–Trinajstić information content (AvgIpc) is 2.84. The second kappa shape index (κ2) is 11.3. The molecule has 35 heavy (non-hydrogen) atoms. The van der Waals surface area contributed by atoms with Crippen LogP contribution in [-0.2, 0) is 11.4 Å². The number of nitrogens with zero attached hydrogens (tertiary/aromatic N) is 1. The van der Waals surface area contributed by atoms with Crippen molar-refractivity contribution in [2.75, 3.05) is 5.32 Å². The molecule has 4 nitrogen and oxygen atoms in total. The highest BCUT2D eigenvalue weighted by Crippen LogP contribution is 2.34. The number of ether oxygens (including phenoxy) is 1. The van der Waals surface area contributed by atoms with Gasteiger partial charge in [-0.25, -0.2) is 0 Å². The van der Waals surface area contributed by atoms with Gasteiger partial charge in [0.05, 0.1) is 8.04 Å². The van der Waals surface area contributed by atoms with Crippen molar-refractivity contribution in [2.24, 2.45) is 0 Å². The van der Waals surface area contributed by atoms with Crippen molar-refractivity contribution in [3.05, 3.63) is 108 Å². The number of hydrogen-bond acceptors (Lipinski definition) is 3. The number of hydrogen-bond donors (Lipinski definition) is 1. The summed E-state index contributed by atoms with van der Waals surface area (Å²) in [5.74, 6) is 0.197. The molecule has 0 radical (unpaired) electrons. The largest absolute Gasteiger partial charge is 0.487 e. The minimum absolute atomic E-state index is 0.0196. The van der Waals surface area contributed by atoms with Gasteiger partial charge in [0.1, 0.15) is 24.0 Å². The van der Waals surface area contributed by atoms with Gasteiger partial charge in [0, 0.05) is 10.7 Å². The molecule has 0 spiro atoms. The van der Waals surface area contributed by atoms with Crippen molar-refractivity contribution >= 4 is 78.6 Å². The molecule has 0 aromatic heterocycles. The zero-order valence-electron chi connectivity index (χ0n) is 18.6. The Bertz CT molecular complexity index is 1480. The summed E-state index contributed by atoms with van der Waals surface area (Å²) < 4.78 is 7.75. The van der Waals surface area contributed by atoms with E-state index in [2.05, 4.69) is 68.1 Å². The monoisotopic (exact) mass is 656 g/mol. The Labute approximate surface area is 230 Å². The highest BCUT2D eigenvalue weighted by molar-refractivity contribution is 14.1. The molecule has 0 saturated carbocycles. The van der Waals surface area contributed by atoms with E-state index in [1.54, 1.807) is 18.2 Å². The summed E-state index contributed by atoms with van der Waals surface area (Å²) in [5.41, 5.74) is 3.21. The van der Waals surface area contributed by atoms with Crippen molar-refractivity contribution in [3.63, 3.8) is 0 Å². The second-order valence-corrected chi connectivity index (χ2v) is 10.3. The van der Waals surface area contributed by atoms with Gasteiger partial charge in [-0.05, 0) is 103 Å². The summed E-state index contributed by atoms with van der Waals surface area (Å²) in [7, 11) is 0. The predicted molar refractivity (Wildman–Crippen MR) is 154 cm³/mol. The first kappa shape index (κ1) is 25.2. The number of fused-ring (bicyclic) bond motifs is 1. The van der Waals surface area contributed by atoms with E-state index >= 15 is 0 Å². The topological polar surface area (TPSA) is 62.1 Å². The number of nitriles is 1. The van der Waals surface area contributed by atoms with Gasteiger partial charge in [-0.1, -0.05) is 60.1 Å². The van der Waals surface area contributed by atoms with Crippen molar-refractivity contribution < 1.29 is 9.53 Å². The zero-order valence-corrected chi connectivity index (χ0v) is 23.1. The van der Waals surface area contributed by atoms with Crippen LogP contribution in [0.1, 0.15) is 16.7 Å². The maximum absolute atomic E-state index is 12.7. The van der Waals surface area contributed by atoms with Gasteiger partial charge < -0.3 is 10.1 Å². The van der Waals surface area contributed by atoms with Crippen molar-refractivity contribution in [2.45, 2.75) is 13.5 Å². The van der Waals surface area contributed by atoms with Crippen molar-refractivity contribution in [1.82, 2.24) is 0 Å². The Kier molecular flexibility index (Phi) is 8.11. The number of carbonyl (C=O) groups is 1. The number of rotatable bonds is 6. The second-order valence-electron chi connectivity index (χ2n) is 7.83. The molecule has 4 aromatic carbocycles. The highest BCUT2D eigenvalue weighted by atomic mass is 127. The maximum atomic E-state index is 12.7. The fourth-order valence-corrected chi connectivity index (χ4v) is 5.50. The van der Waals surface area contributed by atoms with E-state index in [-0.39, 0.29) is 5.57 Å². The zero-order chi connectivity index (χ0) is 24.9. The smallest absolute Gasteiger partial charge is 0.266 e. The molecule has 0 heterocycles. The van der Waals surface area contributed by atoms with Gasteiger partial charge in [-0.3, -0.25) is 4.79 Å². The third kappa shape index (κ3) is 6.04. The van der Waals surface area contributed by atoms with Gasteiger partial charge in [0.15, 0.2) is 0 Å². The molecule has 0 saturated heterocycles. The Morgan fingerprint density at radius 2 is 1.91 bits per heavy atom. The molecule has 0 aliphatic heterocycles. The van der Waals surface area contributed by atoms with Gasteiger partial charge in [0.25, 0.3) is 5.91 Å². The summed E-state index contributed by atoms with van der Waals surface area (Å²) in [4.78, 5) is 12.7. The number of amides is 1. The number of benzene rings is 4. The molecule has 0 atom stereocenters. The van der Waals surface area contributed by atoms with Crippen LogP contribution in [0.2, 0.25) is 5.02 Å². The van der Waals surface area contributed by atoms with Crippen molar-refractivity contribution in [3.8, 4) is 11.8 Å².